The average molecular weight is 97.1 g/mol. The third-order valence-electron chi connectivity index (χ3n) is 0.926. The number of rotatable bonds is 0. The first-order chi connectivity index (χ1) is 3.30. The first-order valence-electron chi connectivity index (χ1n) is 2.14. The maximum Gasteiger partial charge on any atom is 0.0536 e. The van der Waals surface area contributed by atoms with Crippen molar-refractivity contribution < 1.29 is 5.21 Å². The van der Waals surface area contributed by atoms with E-state index in [0.29, 0.717) is 0 Å². The first kappa shape index (κ1) is 4.24. The van der Waals surface area contributed by atoms with E-state index < -0.39 is 0 Å². The molecule has 0 saturated carbocycles. The van der Waals surface area contributed by atoms with Crippen molar-refractivity contribution in [3.05, 3.63) is 24.0 Å². The predicted molar refractivity (Wildman–Crippen MR) is 26.4 cm³/mol. The Hall–Kier alpha value is -0.920. The summed E-state index contributed by atoms with van der Waals surface area (Å²) in [5.74, 6) is 0. The molecule has 1 aromatic heterocycles. The fourth-order valence-corrected chi connectivity index (χ4v) is 0.458. The van der Waals surface area contributed by atoms with Crippen molar-refractivity contribution in [2.45, 2.75) is 6.92 Å². The Morgan fingerprint density at radius 3 is 2.57 bits per heavy atom. The molecular formula is C5H7NO. The zero-order chi connectivity index (χ0) is 5.28. The number of aromatic nitrogens is 1. The Labute approximate surface area is 42.0 Å². The monoisotopic (exact) mass is 97.1 g/mol. The van der Waals surface area contributed by atoms with Gasteiger partial charge in [-0.15, -0.1) is 0 Å². The molecule has 0 aliphatic carbocycles. The topological polar surface area (TPSA) is 25.2 Å². The second kappa shape index (κ2) is 1.30. The summed E-state index contributed by atoms with van der Waals surface area (Å²) >= 11 is 0. The van der Waals surface area contributed by atoms with E-state index in [2.05, 4.69) is 0 Å². The lowest BCUT2D eigenvalue weighted by Gasteiger charge is -1.88. The fourth-order valence-electron chi connectivity index (χ4n) is 0.458. The van der Waals surface area contributed by atoms with Gasteiger partial charge in [0.15, 0.2) is 0 Å². The van der Waals surface area contributed by atoms with Gasteiger partial charge >= 0.3 is 0 Å². The van der Waals surface area contributed by atoms with Crippen LogP contribution in [0.2, 0.25) is 0 Å². The first-order valence-corrected chi connectivity index (χ1v) is 2.14. The molecule has 0 unspecified atom stereocenters. The van der Waals surface area contributed by atoms with Crippen LogP contribution in [-0.4, -0.2) is 9.94 Å². The van der Waals surface area contributed by atoms with E-state index in [0.717, 1.165) is 10.4 Å². The molecule has 0 bridgehead atoms. The van der Waals surface area contributed by atoms with Gasteiger partial charge < -0.3 is 5.21 Å². The van der Waals surface area contributed by atoms with Crippen LogP contribution in [0.15, 0.2) is 18.3 Å². The van der Waals surface area contributed by atoms with Gasteiger partial charge in [0.1, 0.15) is 0 Å². The largest absolute Gasteiger partial charge is 0.429 e. The van der Waals surface area contributed by atoms with Crippen LogP contribution in [0.4, 0.5) is 0 Å². The van der Waals surface area contributed by atoms with E-state index in [1.165, 1.54) is 0 Å². The third kappa shape index (κ3) is 0.585. The zero-order valence-electron chi connectivity index (χ0n) is 4.13. The normalized spacial score (nSPS) is 9.29. The van der Waals surface area contributed by atoms with Crippen molar-refractivity contribution in [3.63, 3.8) is 0 Å². The lowest BCUT2D eigenvalue weighted by Crippen LogP contribution is -1.87. The van der Waals surface area contributed by atoms with Crippen molar-refractivity contribution >= 4 is 0 Å². The van der Waals surface area contributed by atoms with Gasteiger partial charge in [-0.25, -0.2) is 0 Å². The van der Waals surface area contributed by atoms with Gasteiger partial charge in [0.05, 0.1) is 5.69 Å². The summed E-state index contributed by atoms with van der Waals surface area (Å²) < 4.78 is 1.08. The zero-order valence-corrected chi connectivity index (χ0v) is 4.13. The van der Waals surface area contributed by atoms with Gasteiger partial charge in [-0.05, 0) is 19.1 Å². The minimum atomic E-state index is 0.861. The Kier molecular flexibility index (Phi) is 0.785. The minimum absolute atomic E-state index is 0.861. The third-order valence-corrected chi connectivity index (χ3v) is 0.926. The quantitative estimate of drug-likeness (QED) is 0.480. The molecule has 0 spiro atoms. The van der Waals surface area contributed by atoms with Crippen molar-refractivity contribution in [1.29, 1.82) is 0 Å². The summed E-state index contributed by atoms with van der Waals surface area (Å²) in [7, 11) is 0. The summed E-state index contributed by atoms with van der Waals surface area (Å²) in [6.45, 7) is 1.83. The Morgan fingerprint density at radius 2 is 2.43 bits per heavy atom. The number of nitrogens with zero attached hydrogens (tertiary/aromatic N) is 1. The van der Waals surface area contributed by atoms with E-state index in [-0.39, 0.29) is 0 Å². The summed E-state index contributed by atoms with van der Waals surface area (Å²) in [6, 6.07) is 3.62. The lowest BCUT2D eigenvalue weighted by atomic mass is 10.5. The summed E-state index contributed by atoms with van der Waals surface area (Å²) in [4.78, 5) is 0. The molecule has 7 heavy (non-hydrogen) atoms. The average Bonchev–Trinajstić information content (AvgIpc) is 1.91. The van der Waals surface area contributed by atoms with Crippen molar-refractivity contribution in [3.8, 4) is 0 Å². The number of hydrogen-bond donors (Lipinski definition) is 1. The standard InChI is InChI=1S/C5H7NO/c1-5-3-2-4-6(5)7/h2-4,7H,1H3. The smallest absolute Gasteiger partial charge is 0.0536 e. The Balaban J connectivity index is 3.12. The molecule has 0 aromatic carbocycles. The van der Waals surface area contributed by atoms with Crippen LogP contribution in [-0.2, 0) is 0 Å². The van der Waals surface area contributed by atoms with Gasteiger partial charge in [-0.3, -0.25) is 0 Å². The Bertz CT molecular complexity index is 140. The second-order valence-electron chi connectivity index (χ2n) is 1.49. The summed E-state index contributed by atoms with van der Waals surface area (Å²) in [5, 5.41) is 8.68. The number of hydrogen-bond acceptors (Lipinski definition) is 1. The summed E-state index contributed by atoms with van der Waals surface area (Å²) in [6.07, 6.45) is 1.59. The molecule has 1 N–H and O–H groups in total. The van der Waals surface area contributed by atoms with Gasteiger partial charge in [0.25, 0.3) is 0 Å². The molecule has 1 aromatic rings. The van der Waals surface area contributed by atoms with Crippen molar-refractivity contribution in [2.24, 2.45) is 0 Å². The molecule has 1 rings (SSSR count). The lowest BCUT2D eigenvalue weighted by molar-refractivity contribution is 0.181. The minimum Gasteiger partial charge on any atom is -0.429 e. The molecule has 0 radical (unpaired) electrons. The highest BCUT2D eigenvalue weighted by molar-refractivity contribution is 5.01. The molecule has 2 nitrogen and oxygen atoms in total. The molecule has 0 fully saturated rings. The molecule has 0 atom stereocenters. The van der Waals surface area contributed by atoms with E-state index >= 15 is 0 Å². The fraction of sp³-hybridized carbons (Fsp3) is 0.200. The van der Waals surface area contributed by atoms with Gasteiger partial charge in [-0.2, -0.15) is 4.73 Å². The number of aryl methyl sites for hydroxylation is 1. The molecule has 38 valence electrons. The van der Waals surface area contributed by atoms with Gasteiger partial charge in [0.2, 0.25) is 0 Å². The van der Waals surface area contributed by atoms with E-state index in [4.69, 9.17) is 5.21 Å². The Morgan fingerprint density at radius 1 is 1.71 bits per heavy atom. The molecule has 0 saturated heterocycles. The molecule has 0 amide bonds. The highest BCUT2D eigenvalue weighted by Crippen LogP contribution is 1.92. The van der Waals surface area contributed by atoms with E-state index in [1.807, 2.05) is 13.0 Å². The SMILES string of the molecule is Cc1cccn1O. The van der Waals surface area contributed by atoms with Crippen LogP contribution in [0, 0.1) is 6.92 Å². The highest BCUT2D eigenvalue weighted by atomic mass is 16.5. The summed E-state index contributed by atoms with van der Waals surface area (Å²) in [5.41, 5.74) is 0.861. The van der Waals surface area contributed by atoms with Crippen LogP contribution in [0.3, 0.4) is 0 Å². The van der Waals surface area contributed by atoms with Crippen LogP contribution in [0.25, 0.3) is 0 Å². The van der Waals surface area contributed by atoms with Crippen molar-refractivity contribution in [1.82, 2.24) is 4.73 Å². The molecular weight excluding hydrogens is 90.1 g/mol. The van der Waals surface area contributed by atoms with Crippen LogP contribution < -0.4 is 0 Å². The second-order valence-corrected chi connectivity index (χ2v) is 1.49. The van der Waals surface area contributed by atoms with Crippen molar-refractivity contribution in [2.75, 3.05) is 0 Å². The van der Waals surface area contributed by atoms with Gasteiger partial charge in [-0.1, -0.05) is 0 Å². The van der Waals surface area contributed by atoms with Gasteiger partial charge in [0, 0.05) is 6.20 Å². The molecule has 2 heteroatoms. The maximum absolute atomic E-state index is 8.68. The van der Waals surface area contributed by atoms with E-state index in [1.54, 1.807) is 12.3 Å². The van der Waals surface area contributed by atoms with Crippen LogP contribution >= 0.6 is 0 Å². The molecule has 0 aliphatic heterocycles. The van der Waals surface area contributed by atoms with E-state index in [9.17, 15) is 0 Å². The molecule has 0 aliphatic rings. The maximum atomic E-state index is 8.68. The van der Waals surface area contributed by atoms with Crippen LogP contribution in [0.5, 0.6) is 0 Å². The predicted octanol–water partition coefficient (Wildman–Crippen LogP) is 1.03. The molecule has 1 heterocycles. The highest BCUT2D eigenvalue weighted by Gasteiger charge is 1.84. The van der Waals surface area contributed by atoms with Crippen LogP contribution in [0.1, 0.15) is 5.69 Å².